The number of nitrogens with one attached hydrogen (secondary N) is 1. The lowest BCUT2D eigenvalue weighted by atomic mass is 10.1. The van der Waals surface area contributed by atoms with Gasteiger partial charge in [-0.25, -0.2) is 4.39 Å². The first-order chi connectivity index (χ1) is 16.0. The highest BCUT2D eigenvalue weighted by atomic mass is 32.2. The number of para-hydroxylation sites is 1. The van der Waals surface area contributed by atoms with Crippen LogP contribution in [0.15, 0.2) is 88.3 Å². The fourth-order valence-corrected chi connectivity index (χ4v) is 4.08. The largest absolute Gasteiger partial charge is 0.491 e. The minimum atomic E-state index is -0.361. The average Bonchev–Trinajstić information content (AvgIpc) is 3.30. The summed E-state index contributed by atoms with van der Waals surface area (Å²) in [6, 6.07) is 23.0. The standard InChI is InChI=1S/C26H23FN2O3S/c1-17(2)31-21-13-9-19(10-14-21)24-15-23(29-32-24)26(30)28-22-5-3-4-6-25(22)33-16-18-7-11-20(27)12-8-18/h3-15,17H,16H2,1-2H3,(H,28,30). The molecule has 1 amide bonds. The molecule has 1 aromatic heterocycles. The van der Waals surface area contributed by atoms with Crippen LogP contribution >= 0.6 is 11.8 Å². The van der Waals surface area contributed by atoms with Crippen molar-refractivity contribution < 1.29 is 18.4 Å². The molecule has 0 aliphatic carbocycles. The lowest BCUT2D eigenvalue weighted by Gasteiger charge is -2.10. The molecule has 0 radical (unpaired) electrons. The molecule has 5 nitrogen and oxygen atoms in total. The van der Waals surface area contributed by atoms with E-state index in [1.807, 2.05) is 62.4 Å². The Hall–Kier alpha value is -3.58. The molecule has 0 saturated heterocycles. The quantitative estimate of drug-likeness (QED) is 0.291. The van der Waals surface area contributed by atoms with Gasteiger partial charge in [-0.1, -0.05) is 29.4 Å². The predicted molar refractivity (Wildman–Crippen MR) is 128 cm³/mol. The van der Waals surface area contributed by atoms with Gasteiger partial charge in [-0.3, -0.25) is 4.79 Å². The minimum absolute atomic E-state index is 0.0909. The molecule has 0 fully saturated rings. The zero-order valence-electron chi connectivity index (χ0n) is 18.2. The van der Waals surface area contributed by atoms with Crippen LogP contribution in [0.3, 0.4) is 0 Å². The molecule has 168 valence electrons. The molecule has 0 saturated carbocycles. The summed E-state index contributed by atoms with van der Waals surface area (Å²) >= 11 is 1.56. The van der Waals surface area contributed by atoms with Gasteiger partial charge in [0.05, 0.1) is 11.8 Å². The van der Waals surface area contributed by atoms with E-state index >= 15 is 0 Å². The molecule has 4 aromatic rings. The molecule has 1 N–H and O–H groups in total. The van der Waals surface area contributed by atoms with Gasteiger partial charge in [0, 0.05) is 22.3 Å². The number of rotatable bonds is 8. The second-order valence-electron chi connectivity index (χ2n) is 7.63. The van der Waals surface area contributed by atoms with Gasteiger partial charge in [0.25, 0.3) is 5.91 Å². The molecule has 0 unspecified atom stereocenters. The Bertz CT molecular complexity index is 1220. The number of aromatic nitrogens is 1. The Morgan fingerprint density at radius 3 is 2.52 bits per heavy atom. The van der Waals surface area contributed by atoms with Gasteiger partial charge in [0.15, 0.2) is 11.5 Å². The van der Waals surface area contributed by atoms with E-state index in [2.05, 4.69) is 10.5 Å². The van der Waals surface area contributed by atoms with Crippen LogP contribution in [0.1, 0.15) is 29.9 Å². The highest BCUT2D eigenvalue weighted by Gasteiger charge is 2.16. The van der Waals surface area contributed by atoms with Crippen molar-refractivity contribution in [3.63, 3.8) is 0 Å². The molecular weight excluding hydrogens is 439 g/mol. The van der Waals surface area contributed by atoms with Crippen molar-refractivity contribution in [1.29, 1.82) is 0 Å². The van der Waals surface area contributed by atoms with Crippen LogP contribution in [0.5, 0.6) is 5.75 Å². The maximum absolute atomic E-state index is 13.1. The molecule has 3 aromatic carbocycles. The van der Waals surface area contributed by atoms with Crippen molar-refractivity contribution in [3.8, 4) is 17.1 Å². The third-order valence-corrected chi connectivity index (χ3v) is 5.84. The van der Waals surface area contributed by atoms with E-state index < -0.39 is 0 Å². The zero-order chi connectivity index (χ0) is 23.2. The predicted octanol–water partition coefficient (Wildman–Crippen LogP) is 6.81. The second-order valence-corrected chi connectivity index (χ2v) is 8.65. The summed E-state index contributed by atoms with van der Waals surface area (Å²) in [6.07, 6.45) is 0.0909. The molecule has 7 heteroatoms. The Labute approximate surface area is 196 Å². The van der Waals surface area contributed by atoms with Gasteiger partial charge in [0.2, 0.25) is 0 Å². The smallest absolute Gasteiger partial charge is 0.277 e. The number of anilines is 1. The van der Waals surface area contributed by atoms with Crippen LogP contribution in [0.25, 0.3) is 11.3 Å². The summed E-state index contributed by atoms with van der Waals surface area (Å²) in [6.45, 7) is 3.93. The first-order valence-corrected chi connectivity index (χ1v) is 11.5. The van der Waals surface area contributed by atoms with Gasteiger partial charge in [-0.2, -0.15) is 0 Å². The lowest BCUT2D eigenvalue weighted by Crippen LogP contribution is -2.12. The molecule has 33 heavy (non-hydrogen) atoms. The SMILES string of the molecule is CC(C)Oc1ccc(-c2cc(C(=O)Nc3ccccc3SCc3ccc(F)cc3)no2)cc1. The molecule has 0 aliphatic heterocycles. The summed E-state index contributed by atoms with van der Waals surface area (Å²) in [5, 5.41) is 6.84. The molecular formula is C26H23FN2O3S. The molecule has 0 bridgehead atoms. The fraction of sp³-hybridized carbons (Fsp3) is 0.154. The fourth-order valence-electron chi connectivity index (χ4n) is 3.11. The van der Waals surface area contributed by atoms with Crippen molar-refractivity contribution in [1.82, 2.24) is 5.16 Å². The molecule has 0 atom stereocenters. The summed E-state index contributed by atoms with van der Waals surface area (Å²) in [4.78, 5) is 13.7. The van der Waals surface area contributed by atoms with Crippen LogP contribution in [0, 0.1) is 5.82 Å². The maximum Gasteiger partial charge on any atom is 0.277 e. The number of ether oxygens (including phenoxy) is 1. The number of hydrogen-bond acceptors (Lipinski definition) is 5. The van der Waals surface area contributed by atoms with Crippen LogP contribution < -0.4 is 10.1 Å². The van der Waals surface area contributed by atoms with E-state index in [1.165, 1.54) is 12.1 Å². The van der Waals surface area contributed by atoms with Crippen molar-refractivity contribution in [3.05, 3.63) is 95.9 Å². The highest BCUT2D eigenvalue weighted by molar-refractivity contribution is 7.98. The van der Waals surface area contributed by atoms with Crippen molar-refractivity contribution in [2.45, 2.75) is 30.6 Å². The van der Waals surface area contributed by atoms with Gasteiger partial charge < -0.3 is 14.6 Å². The highest BCUT2D eigenvalue weighted by Crippen LogP contribution is 2.30. The number of benzene rings is 3. The second kappa shape index (κ2) is 10.4. The molecule has 0 aliphatic rings. The summed E-state index contributed by atoms with van der Waals surface area (Å²) in [5.41, 5.74) is 2.65. The van der Waals surface area contributed by atoms with E-state index in [-0.39, 0.29) is 23.5 Å². The topological polar surface area (TPSA) is 64.4 Å². The Balaban J connectivity index is 1.43. The number of nitrogens with zero attached hydrogens (tertiary/aromatic N) is 1. The summed E-state index contributed by atoms with van der Waals surface area (Å²) in [7, 11) is 0. The molecule has 4 rings (SSSR count). The van der Waals surface area contributed by atoms with Gasteiger partial charge in [0.1, 0.15) is 11.6 Å². The average molecular weight is 463 g/mol. The third-order valence-electron chi connectivity index (χ3n) is 4.70. The van der Waals surface area contributed by atoms with E-state index in [0.717, 1.165) is 21.8 Å². The van der Waals surface area contributed by atoms with Crippen LogP contribution in [0.4, 0.5) is 10.1 Å². The van der Waals surface area contributed by atoms with Gasteiger partial charge >= 0.3 is 0 Å². The lowest BCUT2D eigenvalue weighted by molar-refractivity contribution is 0.101. The van der Waals surface area contributed by atoms with Crippen LogP contribution in [-0.4, -0.2) is 17.2 Å². The normalized spacial score (nSPS) is 10.9. The maximum atomic E-state index is 13.1. The van der Waals surface area contributed by atoms with Crippen molar-refractivity contribution >= 4 is 23.4 Å². The first-order valence-electron chi connectivity index (χ1n) is 10.5. The Kier molecular flexibility index (Phi) is 7.10. The van der Waals surface area contributed by atoms with E-state index in [1.54, 1.807) is 30.0 Å². The number of halogens is 1. The Morgan fingerprint density at radius 1 is 1.06 bits per heavy atom. The number of carbonyl (C=O) groups is 1. The monoisotopic (exact) mass is 462 g/mol. The molecule has 1 heterocycles. The number of thioether (sulfide) groups is 1. The third kappa shape index (κ3) is 6.02. The van der Waals surface area contributed by atoms with Crippen molar-refractivity contribution in [2.75, 3.05) is 5.32 Å². The minimum Gasteiger partial charge on any atom is -0.491 e. The van der Waals surface area contributed by atoms with E-state index in [4.69, 9.17) is 9.26 Å². The van der Waals surface area contributed by atoms with E-state index in [9.17, 15) is 9.18 Å². The van der Waals surface area contributed by atoms with Crippen molar-refractivity contribution in [2.24, 2.45) is 0 Å². The first kappa shape index (κ1) is 22.6. The number of amides is 1. The number of carbonyl (C=O) groups excluding carboxylic acids is 1. The summed E-state index contributed by atoms with van der Waals surface area (Å²) in [5.74, 6) is 1.29. The summed E-state index contributed by atoms with van der Waals surface area (Å²) < 4.78 is 24.2. The zero-order valence-corrected chi connectivity index (χ0v) is 19.1. The van der Waals surface area contributed by atoms with Crippen LogP contribution in [0.2, 0.25) is 0 Å². The number of hydrogen-bond donors (Lipinski definition) is 1. The molecule has 0 spiro atoms. The van der Waals surface area contributed by atoms with E-state index in [0.29, 0.717) is 17.2 Å². The Morgan fingerprint density at radius 2 is 1.79 bits per heavy atom. The van der Waals surface area contributed by atoms with Gasteiger partial charge in [-0.15, -0.1) is 11.8 Å². The van der Waals surface area contributed by atoms with Gasteiger partial charge in [-0.05, 0) is 67.9 Å². The van der Waals surface area contributed by atoms with Crippen LogP contribution in [-0.2, 0) is 5.75 Å².